The van der Waals surface area contributed by atoms with Crippen molar-refractivity contribution in [2.24, 2.45) is 5.92 Å². The third kappa shape index (κ3) is 6.34. The molecule has 0 unspecified atom stereocenters. The standard InChI is InChI=1S/C28H31F2N3O7/c1-36-22-12-18(13-23(40-28(29)30)26(22)21(34)11-17-3-4-17)20-15-31-25-14-19(5-6-33(20)25)38-9-7-32-8-10-39-24(16-32)27(35)37-2/h5-6,12-15,17,24,28H,3-4,7-11,16H2,1-2H3/t24-/m0/s1. The van der Waals surface area contributed by atoms with E-state index in [2.05, 4.69) is 9.88 Å². The number of hydrogen-bond acceptors (Lipinski definition) is 9. The summed E-state index contributed by atoms with van der Waals surface area (Å²) in [4.78, 5) is 31.2. The van der Waals surface area contributed by atoms with Crippen LogP contribution >= 0.6 is 0 Å². The monoisotopic (exact) mass is 559 g/mol. The molecule has 12 heteroatoms. The lowest BCUT2D eigenvalue weighted by molar-refractivity contribution is -0.159. The van der Waals surface area contributed by atoms with E-state index < -0.39 is 18.7 Å². The highest BCUT2D eigenvalue weighted by molar-refractivity contribution is 6.02. The second-order valence-corrected chi connectivity index (χ2v) is 9.77. The Morgan fingerprint density at radius 2 is 1.98 bits per heavy atom. The molecule has 2 aliphatic rings. The predicted molar refractivity (Wildman–Crippen MR) is 139 cm³/mol. The zero-order valence-electron chi connectivity index (χ0n) is 22.3. The lowest BCUT2D eigenvalue weighted by Gasteiger charge is -2.31. The maximum absolute atomic E-state index is 13.3. The van der Waals surface area contributed by atoms with Crippen molar-refractivity contribution in [3.8, 4) is 28.5 Å². The number of halogens is 2. The zero-order valence-corrected chi connectivity index (χ0v) is 22.3. The molecule has 5 rings (SSSR count). The van der Waals surface area contributed by atoms with Crippen molar-refractivity contribution < 1.29 is 42.1 Å². The topological polar surface area (TPSA) is 101 Å². The van der Waals surface area contributed by atoms with Gasteiger partial charge in [-0.15, -0.1) is 0 Å². The van der Waals surface area contributed by atoms with Crippen molar-refractivity contribution >= 4 is 17.4 Å². The van der Waals surface area contributed by atoms with Crippen molar-refractivity contribution in [3.05, 3.63) is 42.2 Å². The molecule has 0 amide bonds. The van der Waals surface area contributed by atoms with Crippen molar-refractivity contribution in [2.75, 3.05) is 47.1 Å². The van der Waals surface area contributed by atoms with Gasteiger partial charge in [0.25, 0.3) is 0 Å². The first-order valence-electron chi connectivity index (χ1n) is 13.1. The van der Waals surface area contributed by atoms with Gasteiger partial charge in [0.15, 0.2) is 11.9 Å². The Labute approximate surface area is 229 Å². The van der Waals surface area contributed by atoms with E-state index in [0.717, 1.165) is 12.8 Å². The molecule has 1 aromatic carbocycles. The Bertz CT molecular complexity index is 1380. The fourth-order valence-corrected chi connectivity index (χ4v) is 4.79. The number of ether oxygens (including phenoxy) is 5. The minimum atomic E-state index is -3.10. The van der Waals surface area contributed by atoms with Crippen LogP contribution in [0.25, 0.3) is 16.9 Å². The number of alkyl halides is 2. The van der Waals surface area contributed by atoms with Crippen molar-refractivity contribution in [2.45, 2.75) is 32.0 Å². The van der Waals surface area contributed by atoms with Crippen LogP contribution in [0.2, 0.25) is 0 Å². The Hall–Kier alpha value is -3.77. The molecule has 0 spiro atoms. The van der Waals surface area contributed by atoms with Crippen LogP contribution in [0, 0.1) is 5.92 Å². The molecule has 1 atom stereocenters. The van der Waals surface area contributed by atoms with Crippen LogP contribution in [0.3, 0.4) is 0 Å². The average Bonchev–Trinajstić information content (AvgIpc) is 3.66. The fraction of sp³-hybridized carbons (Fsp3) is 0.464. The first kappa shape index (κ1) is 27.8. The summed E-state index contributed by atoms with van der Waals surface area (Å²) in [5.41, 5.74) is 1.71. The highest BCUT2D eigenvalue weighted by Crippen LogP contribution is 2.40. The molecule has 2 fully saturated rings. The summed E-state index contributed by atoms with van der Waals surface area (Å²) in [5, 5.41) is 0. The molecule has 1 aliphatic carbocycles. The maximum Gasteiger partial charge on any atom is 0.387 e. The normalized spacial score (nSPS) is 17.7. The zero-order chi connectivity index (χ0) is 28.2. The first-order chi connectivity index (χ1) is 19.4. The molecule has 0 bridgehead atoms. The van der Waals surface area contributed by atoms with E-state index in [1.165, 1.54) is 20.3 Å². The number of nitrogens with zero attached hydrogens (tertiary/aromatic N) is 3. The summed E-state index contributed by atoms with van der Waals surface area (Å²) in [5.74, 6) is 0.157. The number of fused-ring (bicyclic) bond motifs is 1. The quantitative estimate of drug-likeness (QED) is 0.242. The third-order valence-corrected chi connectivity index (χ3v) is 7.02. The van der Waals surface area contributed by atoms with Crippen molar-refractivity contribution in [1.82, 2.24) is 14.3 Å². The Balaban J connectivity index is 1.32. The summed E-state index contributed by atoms with van der Waals surface area (Å²) in [6.07, 6.45) is 4.94. The number of rotatable bonds is 12. The molecule has 3 aromatic rings. The molecule has 0 radical (unpaired) electrons. The number of Topliss-reactive ketones (excluding diaryl/α,β-unsaturated/α-hetero) is 1. The number of carbonyl (C=O) groups excluding carboxylic acids is 2. The van der Waals surface area contributed by atoms with Crippen LogP contribution in [0.15, 0.2) is 36.7 Å². The van der Waals surface area contributed by atoms with Gasteiger partial charge in [-0.3, -0.25) is 14.1 Å². The van der Waals surface area contributed by atoms with Crippen LogP contribution in [0.4, 0.5) is 8.78 Å². The molecule has 1 saturated carbocycles. The predicted octanol–water partition coefficient (Wildman–Crippen LogP) is 3.85. The fourth-order valence-electron chi connectivity index (χ4n) is 4.79. The van der Waals surface area contributed by atoms with Gasteiger partial charge < -0.3 is 23.7 Å². The molecule has 1 aliphatic heterocycles. The van der Waals surface area contributed by atoms with Gasteiger partial charge in [0.2, 0.25) is 0 Å². The van der Waals surface area contributed by atoms with Gasteiger partial charge in [0.1, 0.15) is 35.1 Å². The van der Waals surface area contributed by atoms with Gasteiger partial charge in [-0.05, 0) is 37.0 Å². The van der Waals surface area contributed by atoms with Crippen LogP contribution in [-0.2, 0) is 14.3 Å². The number of methoxy groups -OCH3 is 2. The number of carbonyl (C=O) groups is 2. The lowest BCUT2D eigenvalue weighted by Crippen LogP contribution is -2.47. The minimum absolute atomic E-state index is 0.0288. The largest absolute Gasteiger partial charge is 0.496 e. The van der Waals surface area contributed by atoms with Gasteiger partial charge in [0, 0.05) is 43.9 Å². The number of imidazole rings is 1. The van der Waals surface area contributed by atoms with Gasteiger partial charge >= 0.3 is 12.6 Å². The molecule has 0 N–H and O–H groups in total. The number of hydrogen-bond donors (Lipinski definition) is 0. The lowest BCUT2D eigenvalue weighted by atomic mass is 10.00. The summed E-state index contributed by atoms with van der Waals surface area (Å²) >= 11 is 0. The third-order valence-electron chi connectivity index (χ3n) is 7.02. The highest BCUT2D eigenvalue weighted by Gasteiger charge is 2.30. The Kier molecular flexibility index (Phi) is 8.46. The van der Waals surface area contributed by atoms with Gasteiger partial charge in [0.05, 0.1) is 32.7 Å². The number of aromatic nitrogens is 2. The second kappa shape index (κ2) is 12.2. The molecule has 214 valence electrons. The van der Waals surface area contributed by atoms with Crippen LogP contribution in [-0.4, -0.2) is 85.8 Å². The first-order valence-corrected chi connectivity index (χ1v) is 13.1. The van der Waals surface area contributed by atoms with Gasteiger partial charge in [-0.2, -0.15) is 8.78 Å². The van der Waals surface area contributed by atoms with Gasteiger partial charge in [-0.25, -0.2) is 9.78 Å². The summed E-state index contributed by atoms with van der Waals surface area (Å²) in [7, 11) is 2.73. The van der Waals surface area contributed by atoms with E-state index in [-0.39, 0.29) is 35.2 Å². The summed E-state index contributed by atoms with van der Waals surface area (Å²) < 4.78 is 54.7. The summed E-state index contributed by atoms with van der Waals surface area (Å²) in [6.45, 7) is -0.555. The Morgan fingerprint density at radius 3 is 2.70 bits per heavy atom. The Morgan fingerprint density at radius 1 is 1.18 bits per heavy atom. The number of morpholine rings is 1. The molecular formula is C28H31F2N3O7. The number of pyridine rings is 1. The second-order valence-electron chi connectivity index (χ2n) is 9.77. The number of ketones is 1. The highest BCUT2D eigenvalue weighted by atomic mass is 19.3. The smallest absolute Gasteiger partial charge is 0.387 e. The van der Waals surface area contributed by atoms with E-state index in [1.807, 2.05) is 0 Å². The molecule has 2 aromatic heterocycles. The van der Waals surface area contributed by atoms with Crippen molar-refractivity contribution in [3.63, 3.8) is 0 Å². The van der Waals surface area contributed by atoms with Crippen LogP contribution in [0.1, 0.15) is 29.6 Å². The maximum atomic E-state index is 13.3. The minimum Gasteiger partial charge on any atom is -0.496 e. The molecule has 40 heavy (non-hydrogen) atoms. The number of benzene rings is 1. The van der Waals surface area contributed by atoms with E-state index in [9.17, 15) is 18.4 Å². The van der Waals surface area contributed by atoms with E-state index >= 15 is 0 Å². The number of esters is 1. The average molecular weight is 560 g/mol. The SMILES string of the molecule is COC(=O)[C@@H]1CN(CCOc2ccn3c(-c4cc(OC)c(C(=O)CC5CC5)c(OC(F)F)c4)cnc3c2)CCO1. The molecule has 3 heterocycles. The summed E-state index contributed by atoms with van der Waals surface area (Å²) in [6, 6.07) is 6.60. The van der Waals surface area contributed by atoms with Gasteiger partial charge in [-0.1, -0.05) is 0 Å². The van der Waals surface area contributed by atoms with Crippen LogP contribution in [0.5, 0.6) is 17.2 Å². The molecule has 1 saturated heterocycles. The van der Waals surface area contributed by atoms with Crippen molar-refractivity contribution in [1.29, 1.82) is 0 Å². The van der Waals surface area contributed by atoms with E-state index in [1.54, 1.807) is 35.0 Å². The van der Waals surface area contributed by atoms with E-state index in [4.69, 9.17) is 23.7 Å². The molecule has 10 nitrogen and oxygen atoms in total. The van der Waals surface area contributed by atoms with Crippen LogP contribution < -0.4 is 14.2 Å². The van der Waals surface area contributed by atoms with E-state index in [0.29, 0.717) is 55.5 Å². The molecular weight excluding hydrogens is 528 g/mol.